The van der Waals surface area contributed by atoms with Crippen molar-refractivity contribution in [2.24, 2.45) is 0 Å². The number of anilines is 1. The second-order valence-electron chi connectivity index (χ2n) is 5.78. The summed E-state index contributed by atoms with van der Waals surface area (Å²) in [5, 5.41) is 2.66. The lowest BCUT2D eigenvalue weighted by atomic mass is 10.1. The molecule has 1 aliphatic rings. The van der Waals surface area contributed by atoms with Crippen LogP contribution in [0.15, 0.2) is 45.6 Å². The summed E-state index contributed by atoms with van der Waals surface area (Å²) in [6, 6.07) is 9.89. The van der Waals surface area contributed by atoms with E-state index in [1.165, 1.54) is 23.6 Å². The van der Waals surface area contributed by atoms with Crippen LogP contribution in [0.2, 0.25) is 0 Å². The summed E-state index contributed by atoms with van der Waals surface area (Å²) in [5.41, 5.74) is 1.52. The summed E-state index contributed by atoms with van der Waals surface area (Å²) < 4.78 is 16.9. The van der Waals surface area contributed by atoms with Crippen molar-refractivity contribution in [3.63, 3.8) is 0 Å². The van der Waals surface area contributed by atoms with Crippen LogP contribution in [0.4, 0.5) is 5.69 Å². The van der Waals surface area contributed by atoms with Gasteiger partial charge < -0.3 is 19.2 Å². The summed E-state index contributed by atoms with van der Waals surface area (Å²) in [7, 11) is 0. The number of ether oxygens (including phenoxy) is 2. The first-order valence-electron chi connectivity index (χ1n) is 7.86. The molecular weight excluding hydrogens is 340 g/mol. The van der Waals surface area contributed by atoms with Gasteiger partial charge in [0.25, 0.3) is 0 Å². The largest absolute Gasteiger partial charge is 0.454 e. The molecule has 0 atom stereocenters. The molecule has 0 unspecified atom stereocenters. The molecule has 26 heavy (non-hydrogen) atoms. The quantitative estimate of drug-likeness (QED) is 0.721. The number of hydrogen-bond donors (Lipinski definition) is 1. The minimum absolute atomic E-state index is 0.0560. The van der Waals surface area contributed by atoms with Crippen LogP contribution in [0.3, 0.4) is 0 Å². The number of hydrogen-bond acceptors (Lipinski definition) is 6. The number of rotatable bonds is 4. The zero-order chi connectivity index (χ0) is 18.3. The van der Waals surface area contributed by atoms with Gasteiger partial charge in [0.05, 0.1) is 11.2 Å². The molecule has 8 heteroatoms. The minimum atomic E-state index is -0.626. The molecule has 0 spiro atoms. The lowest BCUT2D eigenvalue weighted by Gasteiger charge is -2.11. The van der Waals surface area contributed by atoms with Crippen molar-refractivity contribution in [1.29, 1.82) is 0 Å². The van der Waals surface area contributed by atoms with Crippen molar-refractivity contribution < 1.29 is 23.5 Å². The maximum atomic E-state index is 12.5. The van der Waals surface area contributed by atoms with E-state index in [0.717, 1.165) is 0 Å². The Morgan fingerprint density at radius 1 is 1.15 bits per heavy atom. The lowest BCUT2D eigenvalue weighted by molar-refractivity contribution is -0.116. The van der Waals surface area contributed by atoms with Crippen LogP contribution in [0.25, 0.3) is 11.1 Å². The maximum absolute atomic E-state index is 12.5. The number of ketones is 1. The molecule has 0 fully saturated rings. The van der Waals surface area contributed by atoms with Crippen LogP contribution in [-0.4, -0.2) is 23.1 Å². The van der Waals surface area contributed by atoms with Gasteiger partial charge in [-0.25, -0.2) is 4.79 Å². The second kappa shape index (κ2) is 6.07. The molecule has 2 heterocycles. The number of fused-ring (bicyclic) bond motifs is 2. The Labute approximate surface area is 146 Å². The van der Waals surface area contributed by atoms with Crippen LogP contribution < -0.4 is 20.5 Å². The zero-order valence-electron chi connectivity index (χ0n) is 13.8. The fraction of sp³-hybridized carbons (Fsp3) is 0.167. The first-order valence-corrected chi connectivity index (χ1v) is 7.86. The topological polar surface area (TPSA) is 99.8 Å². The molecule has 3 aromatic rings. The fourth-order valence-corrected chi connectivity index (χ4v) is 2.83. The van der Waals surface area contributed by atoms with E-state index in [1.54, 1.807) is 24.3 Å². The van der Waals surface area contributed by atoms with E-state index in [1.807, 2.05) is 0 Å². The number of nitrogens with zero attached hydrogens (tertiary/aromatic N) is 1. The normalized spacial score (nSPS) is 12.3. The van der Waals surface area contributed by atoms with Gasteiger partial charge in [-0.15, -0.1) is 0 Å². The van der Waals surface area contributed by atoms with Gasteiger partial charge in [0.2, 0.25) is 12.7 Å². The molecule has 132 valence electrons. The van der Waals surface area contributed by atoms with Crippen molar-refractivity contribution in [3.05, 3.63) is 52.5 Å². The molecule has 1 aromatic heterocycles. The third kappa shape index (κ3) is 2.71. The Balaban J connectivity index is 1.63. The standard InChI is InChI=1S/C18H14N2O6/c1-10(21)11-6-15-16(25-9-24-15)7-12(11)19-17(22)8-20-13-4-2-3-5-14(13)26-18(20)23/h2-7H,8-9H2,1H3,(H,19,22). The second-order valence-corrected chi connectivity index (χ2v) is 5.78. The summed E-state index contributed by atoms with van der Waals surface area (Å²) in [6.07, 6.45) is 0. The van der Waals surface area contributed by atoms with Gasteiger partial charge >= 0.3 is 5.76 Å². The van der Waals surface area contributed by atoms with Gasteiger partial charge in [-0.2, -0.15) is 0 Å². The number of benzene rings is 2. The molecule has 0 saturated heterocycles. The molecule has 0 saturated carbocycles. The van der Waals surface area contributed by atoms with E-state index in [9.17, 15) is 14.4 Å². The van der Waals surface area contributed by atoms with E-state index in [-0.39, 0.29) is 19.1 Å². The Bertz CT molecular complexity index is 1090. The smallest absolute Gasteiger partial charge is 0.420 e. The van der Waals surface area contributed by atoms with E-state index in [4.69, 9.17) is 13.9 Å². The highest BCUT2D eigenvalue weighted by Gasteiger charge is 2.21. The first kappa shape index (κ1) is 15.9. The van der Waals surface area contributed by atoms with Crippen LogP contribution in [0.5, 0.6) is 11.5 Å². The molecule has 1 amide bonds. The molecule has 0 radical (unpaired) electrons. The zero-order valence-corrected chi connectivity index (χ0v) is 13.8. The number of amides is 1. The number of nitrogens with one attached hydrogen (secondary N) is 1. The van der Waals surface area contributed by atoms with E-state index >= 15 is 0 Å². The average molecular weight is 354 g/mol. The van der Waals surface area contributed by atoms with Gasteiger partial charge in [-0.05, 0) is 25.1 Å². The molecular formula is C18H14N2O6. The van der Waals surface area contributed by atoms with Crippen LogP contribution in [-0.2, 0) is 11.3 Å². The number of para-hydroxylation sites is 2. The molecule has 1 aliphatic heterocycles. The molecule has 0 bridgehead atoms. The van der Waals surface area contributed by atoms with Crippen molar-refractivity contribution >= 4 is 28.5 Å². The van der Waals surface area contributed by atoms with Crippen LogP contribution >= 0.6 is 0 Å². The van der Waals surface area contributed by atoms with Crippen LogP contribution in [0, 0.1) is 0 Å². The fourth-order valence-electron chi connectivity index (χ4n) is 2.83. The van der Waals surface area contributed by atoms with Gasteiger partial charge in [0, 0.05) is 11.6 Å². The predicted octanol–water partition coefficient (Wildman–Crippen LogP) is 2.16. The highest BCUT2D eigenvalue weighted by atomic mass is 16.7. The summed E-state index contributed by atoms with van der Waals surface area (Å²) in [6.45, 7) is 1.20. The number of carbonyl (C=O) groups is 2. The maximum Gasteiger partial charge on any atom is 0.420 e. The first-order chi connectivity index (χ1) is 12.5. The van der Waals surface area contributed by atoms with Gasteiger partial charge in [-0.1, -0.05) is 12.1 Å². The van der Waals surface area contributed by atoms with E-state index < -0.39 is 11.7 Å². The molecule has 8 nitrogen and oxygen atoms in total. The third-order valence-electron chi connectivity index (χ3n) is 4.04. The highest BCUT2D eigenvalue weighted by molar-refractivity contribution is 6.04. The molecule has 4 rings (SSSR count). The average Bonchev–Trinajstić information content (AvgIpc) is 3.18. The Morgan fingerprint density at radius 2 is 1.88 bits per heavy atom. The summed E-state index contributed by atoms with van der Waals surface area (Å²) >= 11 is 0. The highest BCUT2D eigenvalue weighted by Crippen LogP contribution is 2.37. The lowest BCUT2D eigenvalue weighted by Crippen LogP contribution is -2.25. The van der Waals surface area contributed by atoms with Crippen LogP contribution in [0.1, 0.15) is 17.3 Å². The SMILES string of the molecule is CC(=O)c1cc2c(cc1NC(=O)Cn1c(=O)oc3ccccc31)OCO2. The number of oxazole rings is 1. The monoisotopic (exact) mass is 354 g/mol. The predicted molar refractivity (Wildman–Crippen MR) is 91.7 cm³/mol. The van der Waals surface area contributed by atoms with Crippen molar-refractivity contribution in [1.82, 2.24) is 4.57 Å². The summed E-state index contributed by atoms with van der Waals surface area (Å²) in [4.78, 5) is 36.3. The Hall–Kier alpha value is -3.55. The Morgan fingerprint density at radius 3 is 2.65 bits per heavy atom. The van der Waals surface area contributed by atoms with E-state index in [0.29, 0.717) is 33.8 Å². The molecule has 2 aromatic carbocycles. The molecule has 0 aliphatic carbocycles. The van der Waals surface area contributed by atoms with Gasteiger partial charge in [-0.3, -0.25) is 14.2 Å². The Kier molecular flexibility index (Phi) is 3.72. The van der Waals surface area contributed by atoms with E-state index in [2.05, 4.69) is 5.32 Å². The third-order valence-corrected chi connectivity index (χ3v) is 4.04. The van der Waals surface area contributed by atoms with Crippen molar-refractivity contribution in [2.45, 2.75) is 13.5 Å². The van der Waals surface area contributed by atoms with Crippen molar-refractivity contribution in [2.75, 3.05) is 12.1 Å². The van der Waals surface area contributed by atoms with Gasteiger partial charge in [0.15, 0.2) is 22.9 Å². The number of Topliss-reactive ketones (excluding diaryl/α,β-unsaturated/α-hetero) is 1. The minimum Gasteiger partial charge on any atom is -0.454 e. The number of aromatic nitrogens is 1. The number of carbonyl (C=O) groups excluding carboxylic acids is 2. The van der Waals surface area contributed by atoms with Crippen molar-refractivity contribution in [3.8, 4) is 11.5 Å². The molecule has 1 N–H and O–H groups in total. The van der Waals surface area contributed by atoms with Gasteiger partial charge in [0.1, 0.15) is 6.54 Å². The summed E-state index contributed by atoms with van der Waals surface area (Å²) in [5.74, 6) is -0.440.